The highest BCUT2D eigenvalue weighted by molar-refractivity contribution is 5.80. The van der Waals surface area contributed by atoms with Gasteiger partial charge in [-0.25, -0.2) is 0 Å². The topological polar surface area (TPSA) is 60.0 Å². The van der Waals surface area contributed by atoms with Gasteiger partial charge >= 0.3 is 0 Å². The average molecular weight is 426 g/mol. The van der Waals surface area contributed by atoms with Gasteiger partial charge in [-0.3, -0.25) is 14.7 Å². The monoisotopic (exact) mass is 425 g/mol. The minimum Gasteiger partial charge on any atom is -0.356 e. The number of fused-ring (bicyclic) bond motifs is 1. The summed E-state index contributed by atoms with van der Waals surface area (Å²) >= 11 is 0. The Morgan fingerprint density at radius 1 is 1.03 bits per heavy atom. The summed E-state index contributed by atoms with van der Waals surface area (Å²) in [6.45, 7) is 6.04. The highest BCUT2D eigenvalue weighted by Crippen LogP contribution is 2.31. The first-order valence-electron chi connectivity index (χ1n) is 12.3. The maximum atomic E-state index is 11.9. The standard InChI is InChI=1S/C25H39N5O/c1-26-25(28-15-7-14-27-24(31)21-10-5-11-21)30-17-13-23-22(19-30)12-6-16-29(23)18-20-8-3-2-4-9-20/h2-4,8-9,21-23H,5-7,10-19H2,1H3,(H,26,28)(H,27,31). The van der Waals surface area contributed by atoms with Crippen LogP contribution in [0.25, 0.3) is 0 Å². The van der Waals surface area contributed by atoms with Crippen molar-refractivity contribution in [3.63, 3.8) is 0 Å². The predicted molar refractivity (Wildman–Crippen MR) is 126 cm³/mol. The lowest BCUT2D eigenvalue weighted by molar-refractivity contribution is -0.127. The van der Waals surface area contributed by atoms with Crippen LogP contribution in [0.15, 0.2) is 35.3 Å². The lowest BCUT2D eigenvalue weighted by atomic mass is 9.83. The smallest absolute Gasteiger partial charge is 0.223 e. The van der Waals surface area contributed by atoms with Crippen molar-refractivity contribution in [2.24, 2.45) is 16.8 Å². The maximum Gasteiger partial charge on any atom is 0.223 e. The number of likely N-dealkylation sites (tertiary alicyclic amines) is 2. The fourth-order valence-electron chi connectivity index (χ4n) is 5.36. The van der Waals surface area contributed by atoms with Crippen LogP contribution in [-0.4, -0.2) is 67.5 Å². The van der Waals surface area contributed by atoms with Crippen LogP contribution >= 0.6 is 0 Å². The minimum absolute atomic E-state index is 0.245. The Hall–Kier alpha value is -2.08. The highest BCUT2D eigenvalue weighted by atomic mass is 16.1. The lowest BCUT2D eigenvalue weighted by Crippen LogP contribution is -2.56. The quantitative estimate of drug-likeness (QED) is 0.401. The normalized spacial score (nSPS) is 24.9. The molecule has 31 heavy (non-hydrogen) atoms. The molecular formula is C25H39N5O. The molecule has 2 heterocycles. The molecular weight excluding hydrogens is 386 g/mol. The number of guanidine groups is 1. The summed E-state index contributed by atoms with van der Waals surface area (Å²) in [7, 11) is 1.88. The van der Waals surface area contributed by atoms with E-state index in [0.29, 0.717) is 12.0 Å². The van der Waals surface area contributed by atoms with Crippen LogP contribution in [0.2, 0.25) is 0 Å². The minimum atomic E-state index is 0.245. The molecule has 2 saturated heterocycles. The zero-order chi connectivity index (χ0) is 21.5. The Morgan fingerprint density at radius 2 is 1.84 bits per heavy atom. The maximum absolute atomic E-state index is 11.9. The number of benzene rings is 1. The Balaban J connectivity index is 1.21. The van der Waals surface area contributed by atoms with Crippen LogP contribution in [0.3, 0.4) is 0 Å². The molecule has 4 rings (SSSR count). The van der Waals surface area contributed by atoms with E-state index in [0.717, 1.165) is 57.9 Å². The van der Waals surface area contributed by atoms with Gasteiger partial charge in [0, 0.05) is 51.7 Å². The van der Waals surface area contributed by atoms with E-state index in [-0.39, 0.29) is 11.8 Å². The van der Waals surface area contributed by atoms with Gasteiger partial charge in [-0.05, 0) is 56.6 Å². The van der Waals surface area contributed by atoms with Gasteiger partial charge in [-0.1, -0.05) is 36.8 Å². The molecule has 1 aromatic rings. The Labute approximate surface area is 187 Å². The second-order valence-corrected chi connectivity index (χ2v) is 9.41. The Kier molecular flexibility index (Phi) is 7.84. The molecule has 0 bridgehead atoms. The van der Waals surface area contributed by atoms with Gasteiger partial charge in [0.05, 0.1) is 0 Å². The first-order chi connectivity index (χ1) is 15.2. The summed E-state index contributed by atoms with van der Waals surface area (Å²) in [4.78, 5) is 21.6. The molecule has 0 spiro atoms. The van der Waals surface area contributed by atoms with Gasteiger partial charge in [-0.2, -0.15) is 0 Å². The summed E-state index contributed by atoms with van der Waals surface area (Å²) in [6, 6.07) is 11.6. The number of amides is 1. The zero-order valence-electron chi connectivity index (χ0n) is 19.1. The van der Waals surface area contributed by atoms with Crippen molar-refractivity contribution in [2.75, 3.05) is 39.8 Å². The molecule has 3 fully saturated rings. The van der Waals surface area contributed by atoms with E-state index >= 15 is 0 Å². The molecule has 6 nitrogen and oxygen atoms in total. The number of aliphatic imine (C=N–C) groups is 1. The van der Waals surface area contributed by atoms with Crippen LogP contribution in [-0.2, 0) is 11.3 Å². The molecule has 2 N–H and O–H groups in total. The first kappa shape index (κ1) is 22.1. The fraction of sp³-hybridized carbons (Fsp3) is 0.680. The third-order valence-corrected chi connectivity index (χ3v) is 7.33. The van der Waals surface area contributed by atoms with E-state index in [2.05, 4.69) is 55.8 Å². The van der Waals surface area contributed by atoms with Crippen molar-refractivity contribution in [1.82, 2.24) is 20.4 Å². The van der Waals surface area contributed by atoms with Crippen molar-refractivity contribution in [3.8, 4) is 0 Å². The van der Waals surface area contributed by atoms with Crippen molar-refractivity contribution in [2.45, 2.75) is 57.5 Å². The van der Waals surface area contributed by atoms with E-state index in [4.69, 9.17) is 0 Å². The molecule has 0 radical (unpaired) electrons. The lowest BCUT2D eigenvalue weighted by Gasteiger charge is -2.48. The van der Waals surface area contributed by atoms with E-state index < -0.39 is 0 Å². The largest absolute Gasteiger partial charge is 0.356 e. The second kappa shape index (κ2) is 11.0. The highest BCUT2D eigenvalue weighted by Gasteiger charge is 2.36. The van der Waals surface area contributed by atoms with Crippen LogP contribution in [0, 0.1) is 11.8 Å². The van der Waals surface area contributed by atoms with Crippen molar-refractivity contribution < 1.29 is 4.79 Å². The molecule has 170 valence electrons. The number of rotatable bonds is 7. The van der Waals surface area contributed by atoms with E-state index in [1.54, 1.807) is 0 Å². The van der Waals surface area contributed by atoms with Crippen LogP contribution < -0.4 is 10.6 Å². The molecule has 2 aliphatic heterocycles. The fourth-order valence-corrected chi connectivity index (χ4v) is 5.36. The third kappa shape index (κ3) is 5.79. The zero-order valence-corrected chi connectivity index (χ0v) is 19.1. The predicted octanol–water partition coefficient (Wildman–Crippen LogP) is 2.85. The first-order valence-corrected chi connectivity index (χ1v) is 12.3. The number of hydrogen-bond acceptors (Lipinski definition) is 3. The molecule has 6 heteroatoms. The Morgan fingerprint density at radius 3 is 2.58 bits per heavy atom. The summed E-state index contributed by atoms with van der Waals surface area (Å²) in [5.41, 5.74) is 1.42. The van der Waals surface area contributed by atoms with E-state index in [9.17, 15) is 4.79 Å². The summed E-state index contributed by atoms with van der Waals surface area (Å²) in [6.07, 6.45) is 8.08. The number of nitrogens with zero attached hydrogens (tertiary/aromatic N) is 3. The van der Waals surface area contributed by atoms with Gasteiger partial charge in [0.25, 0.3) is 0 Å². The van der Waals surface area contributed by atoms with E-state index in [1.165, 1.54) is 37.8 Å². The molecule has 0 aromatic heterocycles. The summed E-state index contributed by atoms with van der Waals surface area (Å²) < 4.78 is 0. The van der Waals surface area contributed by atoms with Crippen molar-refractivity contribution >= 4 is 11.9 Å². The molecule has 2 atom stereocenters. The molecule has 1 saturated carbocycles. The van der Waals surface area contributed by atoms with Gasteiger partial charge in [0.2, 0.25) is 5.91 Å². The second-order valence-electron chi connectivity index (χ2n) is 9.41. The number of piperidine rings is 2. The summed E-state index contributed by atoms with van der Waals surface area (Å²) in [5, 5.41) is 6.61. The van der Waals surface area contributed by atoms with Gasteiger partial charge in [0.1, 0.15) is 0 Å². The van der Waals surface area contributed by atoms with Crippen LogP contribution in [0.4, 0.5) is 0 Å². The molecule has 3 aliphatic rings. The number of hydrogen-bond donors (Lipinski definition) is 2. The summed E-state index contributed by atoms with van der Waals surface area (Å²) in [5.74, 6) is 2.25. The third-order valence-electron chi connectivity index (χ3n) is 7.33. The number of carbonyl (C=O) groups is 1. The molecule has 1 amide bonds. The van der Waals surface area contributed by atoms with Crippen molar-refractivity contribution in [3.05, 3.63) is 35.9 Å². The number of nitrogens with one attached hydrogen (secondary N) is 2. The van der Waals surface area contributed by atoms with E-state index in [1.807, 2.05) is 7.05 Å². The molecule has 1 aliphatic carbocycles. The number of carbonyl (C=O) groups excluding carboxylic acids is 1. The van der Waals surface area contributed by atoms with Crippen LogP contribution in [0.5, 0.6) is 0 Å². The Bertz CT molecular complexity index is 733. The van der Waals surface area contributed by atoms with Gasteiger partial charge < -0.3 is 15.5 Å². The van der Waals surface area contributed by atoms with Gasteiger partial charge in [-0.15, -0.1) is 0 Å². The molecule has 1 aromatic carbocycles. The van der Waals surface area contributed by atoms with Crippen LogP contribution in [0.1, 0.15) is 50.5 Å². The van der Waals surface area contributed by atoms with Crippen molar-refractivity contribution in [1.29, 1.82) is 0 Å². The molecule has 2 unspecified atom stereocenters. The van der Waals surface area contributed by atoms with Gasteiger partial charge in [0.15, 0.2) is 5.96 Å². The SMILES string of the molecule is CN=C(NCCCNC(=O)C1CCC1)N1CCC2C(CCCN2Cc2ccccc2)C1. The average Bonchev–Trinajstić information content (AvgIpc) is 2.75.